The monoisotopic (exact) mass is 220 g/mol. The molecule has 12 heavy (non-hydrogen) atoms. The second-order valence-corrected chi connectivity index (χ2v) is 0.183. The van der Waals surface area contributed by atoms with Crippen LogP contribution in [-0.2, 0) is 36.2 Å². The molecule has 0 spiro atoms. The van der Waals surface area contributed by atoms with Gasteiger partial charge in [0.2, 0.25) is 0 Å². The van der Waals surface area contributed by atoms with Crippen molar-refractivity contribution < 1.29 is 41.4 Å². The van der Waals surface area contributed by atoms with E-state index in [1.54, 1.807) is 0 Å². The minimum absolute atomic E-state index is 0. The van der Waals surface area contributed by atoms with Gasteiger partial charge in [0, 0.05) is 17.1 Å². The third-order valence-electron chi connectivity index (χ3n) is 0. The average Bonchev–Trinajstić information content (AvgIpc) is 2.18. The van der Waals surface area contributed by atoms with Gasteiger partial charge in [-0.25, -0.2) is 0 Å². The number of carbonyl (C=O) groups excluding carboxylic acids is 4. The molecule has 0 atom stereocenters. The Kier molecular flexibility index (Phi) is 41400. The van der Waals surface area contributed by atoms with Crippen LogP contribution in [0.15, 0.2) is 12.8 Å². The van der Waals surface area contributed by atoms with Crippen LogP contribution in [0.5, 0.6) is 0 Å². The third-order valence-corrected chi connectivity index (χ3v) is 0. The minimum Gasteiger partial charge on any atom is -0.516 e. The molecule has 0 aliphatic rings. The van der Waals surface area contributed by atoms with Gasteiger partial charge in [-0.15, -0.1) is 0 Å². The van der Waals surface area contributed by atoms with Gasteiger partial charge in [-0.2, -0.15) is 0 Å². The molecule has 0 bridgehead atoms. The molecule has 5 nitrogen and oxygen atoms in total. The van der Waals surface area contributed by atoms with Crippen LogP contribution < -0.4 is 0 Å². The molecule has 0 amide bonds. The first-order chi connectivity index (χ1) is 5.41. The number of carbonyl (C=O) groups is 4. The summed E-state index contributed by atoms with van der Waals surface area (Å²) >= 11 is 0. The summed E-state index contributed by atoms with van der Waals surface area (Å²) in [4.78, 5) is 32.0. The Morgan fingerprint density at radius 2 is 0.750 bits per heavy atom. The van der Waals surface area contributed by atoms with E-state index >= 15 is 0 Å². The van der Waals surface area contributed by atoms with Crippen LogP contribution in [0.25, 0.3) is 0 Å². The molecule has 0 radical (unpaired) electrons. The summed E-state index contributed by atoms with van der Waals surface area (Å²) in [6.07, 6.45) is 0.750. The average molecular weight is 220 g/mol. The van der Waals surface area contributed by atoms with Crippen LogP contribution in [0.2, 0.25) is 0 Å². The van der Waals surface area contributed by atoms with Gasteiger partial charge in [-0.1, -0.05) is 6.58 Å². The van der Waals surface area contributed by atoms with E-state index in [1.807, 2.05) is 27.2 Å². The Bertz CT molecular complexity index is 45.2. The number of aliphatic hydroxyl groups is 1. The van der Waals surface area contributed by atoms with Crippen LogP contribution in [-0.4, -0.2) is 32.3 Å². The summed E-state index contributed by atoms with van der Waals surface area (Å²) in [6, 6.07) is 0. The molecule has 0 rings (SSSR count). The van der Waals surface area contributed by atoms with Gasteiger partial charge in [-0.05, 0) is 0 Å². The molecule has 0 unspecified atom stereocenters. The maximum Gasteiger partial charge on any atom is 0.106 e. The molecule has 0 aliphatic heterocycles. The fourth-order valence-corrected chi connectivity index (χ4v) is 0. The second kappa shape index (κ2) is 11000. The normalized spacial score (nSPS) is 2.33. The van der Waals surface area contributed by atoms with Gasteiger partial charge in [0.1, 0.15) is 27.2 Å². The van der Waals surface area contributed by atoms with Crippen molar-refractivity contribution in [3.05, 3.63) is 12.8 Å². The Morgan fingerprint density at radius 3 is 0.750 bits per heavy atom. The zero-order valence-electron chi connectivity index (χ0n) is 6.55. The molecule has 0 aromatic heterocycles. The maximum atomic E-state index is 8.00. The predicted octanol–water partition coefficient (Wildman–Crippen LogP) is -0.0542. The van der Waals surface area contributed by atoms with Gasteiger partial charge >= 0.3 is 0 Å². The van der Waals surface area contributed by atoms with Crippen LogP contribution in [0, 0.1) is 0 Å². The van der Waals surface area contributed by atoms with E-state index in [2.05, 4.69) is 6.58 Å². The molecule has 1 N–H and O–H groups in total. The number of hydrogen-bond donors (Lipinski definition) is 1. The van der Waals surface area contributed by atoms with Gasteiger partial charge in [0.05, 0.1) is 6.26 Å². The van der Waals surface area contributed by atoms with Crippen molar-refractivity contribution in [2.45, 2.75) is 0 Å². The van der Waals surface area contributed by atoms with Crippen LogP contribution >= 0.6 is 0 Å². The summed E-state index contributed by atoms with van der Waals surface area (Å²) < 4.78 is 0. The summed E-state index contributed by atoms with van der Waals surface area (Å²) in [5.74, 6) is 0. The van der Waals surface area contributed by atoms with E-state index in [0.29, 0.717) is 0 Å². The minimum atomic E-state index is 0. The Labute approximate surface area is 81.9 Å². The molecular formula is C6H12FeO5. The van der Waals surface area contributed by atoms with Crippen molar-refractivity contribution >= 4 is 27.2 Å². The topological polar surface area (TPSA) is 88.5 Å². The van der Waals surface area contributed by atoms with Crippen LogP contribution in [0.1, 0.15) is 0 Å². The summed E-state index contributed by atoms with van der Waals surface area (Å²) in [6.45, 7) is 10.9. The molecule has 0 fully saturated rings. The van der Waals surface area contributed by atoms with Crippen molar-refractivity contribution in [1.29, 1.82) is 0 Å². The van der Waals surface area contributed by atoms with Gasteiger partial charge in [-0.3, -0.25) is 0 Å². The summed E-state index contributed by atoms with van der Waals surface area (Å²) in [7, 11) is 0. The Balaban J connectivity index is -0.00000000933. The van der Waals surface area contributed by atoms with Gasteiger partial charge < -0.3 is 24.3 Å². The van der Waals surface area contributed by atoms with Gasteiger partial charge in [0.25, 0.3) is 0 Å². The SMILES string of the molecule is C=CO.C=O.C=O.C=O.C=O.[Fe]. The molecule has 0 aromatic rings. The molecule has 0 aliphatic carbocycles. The number of rotatable bonds is 0. The molecule has 0 saturated carbocycles. The first kappa shape index (κ1) is 45.4. The first-order valence-corrected chi connectivity index (χ1v) is 1.82. The first-order valence-electron chi connectivity index (χ1n) is 1.82. The van der Waals surface area contributed by atoms with E-state index < -0.39 is 0 Å². The molecule has 0 heterocycles. The predicted molar refractivity (Wildman–Crippen MR) is 41.3 cm³/mol. The fraction of sp³-hybridized carbons (Fsp3) is 0. The van der Waals surface area contributed by atoms with E-state index in [0.717, 1.165) is 6.26 Å². The van der Waals surface area contributed by atoms with Crippen molar-refractivity contribution in [1.82, 2.24) is 0 Å². The summed E-state index contributed by atoms with van der Waals surface area (Å²) in [5.41, 5.74) is 0. The second-order valence-electron chi connectivity index (χ2n) is 0.183. The molecule has 0 saturated heterocycles. The van der Waals surface area contributed by atoms with Crippen molar-refractivity contribution in [2.24, 2.45) is 0 Å². The van der Waals surface area contributed by atoms with E-state index in [9.17, 15) is 0 Å². The molecular weight excluding hydrogens is 208 g/mol. The van der Waals surface area contributed by atoms with Gasteiger partial charge in [0.15, 0.2) is 0 Å². The zero-order chi connectivity index (χ0) is 10.7. The molecule has 6 heteroatoms. The largest absolute Gasteiger partial charge is 0.516 e. The van der Waals surface area contributed by atoms with Crippen molar-refractivity contribution in [3.8, 4) is 0 Å². The van der Waals surface area contributed by atoms with E-state index in [4.69, 9.17) is 24.3 Å². The van der Waals surface area contributed by atoms with Crippen LogP contribution in [0.3, 0.4) is 0 Å². The Morgan fingerprint density at radius 1 is 0.750 bits per heavy atom. The van der Waals surface area contributed by atoms with Crippen molar-refractivity contribution in [2.75, 3.05) is 0 Å². The smallest absolute Gasteiger partial charge is 0.106 e. The van der Waals surface area contributed by atoms with E-state index in [1.165, 1.54) is 0 Å². The molecule has 74 valence electrons. The quantitative estimate of drug-likeness (QED) is 0.456. The zero-order valence-corrected chi connectivity index (χ0v) is 7.65. The van der Waals surface area contributed by atoms with Crippen molar-refractivity contribution in [3.63, 3.8) is 0 Å². The molecule has 0 aromatic carbocycles. The van der Waals surface area contributed by atoms with Crippen LogP contribution in [0.4, 0.5) is 0 Å². The van der Waals surface area contributed by atoms with E-state index in [-0.39, 0.29) is 17.1 Å². The Hall–Kier alpha value is -1.26. The number of hydrogen-bond acceptors (Lipinski definition) is 5. The number of aliphatic hydroxyl groups excluding tert-OH is 1. The maximum absolute atomic E-state index is 8.00. The third kappa shape index (κ3) is 329. The standard InChI is InChI=1S/C2H4O.4CH2O.Fe/c1-2-3;4*1-2;/h2-3H,1H2;4*1H2;. The fourth-order valence-electron chi connectivity index (χ4n) is 0. The summed E-state index contributed by atoms with van der Waals surface area (Å²) in [5, 5.41) is 7.33.